The van der Waals surface area contributed by atoms with Gasteiger partial charge in [0, 0.05) is 18.2 Å². The molecule has 1 aromatic heterocycles. The molecule has 0 fully saturated rings. The minimum absolute atomic E-state index is 0. The Bertz CT molecular complexity index is 934. The zero-order chi connectivity index (χ0) is 21.0. The van der Waals surface area contributed by atoms with Gasteiger partial charge < -0.3 is 22.3 Å². The van der Waals surface area contributed by atoms with Crippen molar-refractivity contribution in [1.82, 2.24) is 4.68 Å². The maximum atomic E-state index is 12.7. The highest BCUT2D eigenvalue weighted by atomic mass is 79.9. The third-order valence-corrected chi connectivity index (χ3v) is 5.25. The first-order valence-electron chi connectivity index (χ1n) is 9.83. The summed E-state index contributed by atoms with van der Waals surface area (Å²) in [7, 11) is 0. The molecule has 1 N–H and O–H groups in total. The van der Waals surface area contributed by atoms with Crippen molar-refractivity contribution < 1.29 is 31.3 Å². The normalized spacial score (nSPS) is 10.4. The Morgan fingerprint density at radius 2 is 1.47 bits per heavy atom. The lowest BCUT2D eigenvalue weighted by molar-refractivity contribution is -0.763. The first-order chi connectivity index (χ1) is 13.8. The lowest BCUT2D eigenvalue weighted by atomic mass is 9.98. The van der Waals surface area contributed by atoms with Crippen LogP contribution < -0.4 is 27.0 Å². The highest BCUT2D eigenvalue weighted by Crippen LogP contribution is 2.19. The van der Waals surface area contributed by atoms with Crippen LogP contribution in [0.4, 0.5) is 5.69 Å². The average Bonchev–Trinajstić information content (AvgIpc) is 3.08. The van der Waals surface area contributed by atoms with Gasteiger partial charge in [0.1, 0.15) is 0 Å². The summed E-state index contributed by atoms with van der Waals surface area (Å²) in [6.45, 7) is 8.40. The molecule has 0 saturated carbocycles. The smallest absolute Gasteiger partial charge is 0.250 e. The predicted molar refractivity (Wildman–Crippen MR) is 114 cm³/mol. The predicted octanol–water partition coefficient (Wildman–Crippen LogP) is 0.464. The number of anilines is 1. The number of aryl methyl sites for hydroxylation is 4. The molecule has 6 heteroatoms. The van der Waals surface area contributed by atoms with E-state index in [2.05, 4.69) is 5.32 Å². The number of ketones is 1. The lowest BCUT2D eigenvalue weighted by Gasteiger charge is -2.11. The molecule has 0 aliphatic carbocycles. The molecule has 3 rings (SSSR count). The van der Waals surface area contributed by atoms with Gasteiger partial charge in [-0.25, -0.2) is 0 Å². The number of para-hydroxylation sites is 1. The van der Waals surface area contributed by atoms with Crippen molar-refractivity contribution in [1.29, 1.82) is 0 Å². The number of hydrogen-bond donors (Lipinski definition) is 1. The van der Waals surface area contributed by atoms with E-state index in [-0.39, 0.29) is 41.8 Å². The minimum Gasteiger partial charge on any atom is -1.00 e. The molecule has 3 aromatic rings. The number of nitrogens with one attached hydrogen (secondary N) is 1. The van der Waals surface area contributed by atoms with E-state index >= 15 is 0 Å². The van der Waals surface area contributed by atoms with E-state index in [4.69, 9.17) is 0 Å². The second-order valence-electron chi connectivity index (χ2n) is 7.59. The number of carbonyl (C=O) groups is 2. The number of hydrogen-bond acceptors (Lipinski definition) is 2. The summed E-state index contributed by atoms with van der Waals surface area (Å²) < 4.78 is 3.56. The van der Waals surface area contributed by atoms with Crippen LogP contribution in [0, 0.1) is 27.7 Å². The molecule has 5 nitrogen and oxygen atoms in total. The Morgan fingerprint density at radius 3 is 2.07 bits per heavy atom. The number of aromatic nitrogens is 2. The van der Waals surface area contributed by atoms with Gasteiger partial charge in [0.25, 0.3) is 0 Å². The van der Waals surface area contributed by atoms with Crippen LogP contribution in [-0.4, -0.2) is 16.4 Å². The molecule has 30 heavy (non-hydrogen) atoms. The number of carbonyl (C=O) groups excluding carboxylic acids is 2. The van der Waals surface area contributed by atoms with Gasteiger partial charge in [0.05, 0.1) is 6.20 Å². The molecule has 1 heterocycles. The van der Waals surface area contributed by atoms with Crippen LogP contribution >= 0.6 is 0 Å². The lowest BCUT2D eigenvalue weighted by Crippen LogP contribution is -3.00. The molecule has 0 atom stereocenters. The van der Waals surface area contributed by atoms with E-state index in [9.17, 15) is 9.59 Å². The highest BCUT2D eigenvalue weighted by molar-refractivity contribution is 5.92. The van der Waals surface area contributed by atoms with E-state index in [0.29, 0.717) is 6.42 Å². The fourth-order valence-electron chi connectivity index (χ4n) is 3.59. The summed E-state index contributed by atoms with van der Waals surface area (Å²) in [6, 6.07) is 13.8. The van der Waals surface area contributed by atoms with Gasteiger partial charge >= 0.3 is 0 Å². The van der Waals surface area contributed by atoms with E-state index < -0.39 is 0 Å². The van der Waals surface area contributed by atoms with Crippen molar-refractivity contribution in [2.75, 3.05) is 5.32 Å². The van der Waals surface area contributed by atoms with Gasteiger partial charge in [0.15, 0.2) is 12.7 Å². The van der Waals surface area contributed by atoms with Crippen molar-refractivity contribution >= 4 is 17.4 Å². The number of nitrogens with zero attached hydrogens (tertiary/aromatic N) is 2. The zero-order valence-corrected chi connectivity index (χ0v) is 19.5. The fraction of sp³-hybridized carbons (Fsp3) is 0.292. The Kier molecular flexibility index (Phi) is 8.12. The fourth-order valence-corrected chi connectivity index (χ4v) is 3.59. The van der Waals surface area contributed by atoms with Crippen molar-refractivity contribution in [2.45, 2.75) is 47.2 Å². The number of rotatable bonds is 7. The first-order valence-corrected chi connectivity index (χ1v) is 9.83. The van der Waals surface area contributed by atoms with Crippen molar-refractivity contribution in [2.24, 2.45) is 0 Å². The summed E-state index contributed by atoms with van der Waals surface area (Å²) in [5.74, 6) is -0.00273. The molecule has 1 amide bonds. The topological polar surface area (TPSA) is 55.0 Å². The molecule has 0 unspecified atom stereocenters. The standard InChI is InChI=1S/C24H27N3O2.BrH/c1-17-8-5-9-18(2)22(17)14-21(28)15-26-12-7-13-27(26)16-23(29)25-24-19(3)10-6-11-20(24)4;/h5-13H,14-16H2,1-4H3;1H. The van der Waals surface area contributed by atoms with E-state index in [1.807, 2.05) is 82.6 Å². The van der Waals surface area contributed by atoms with Gasteiger partial charge in [-0.2, -0.15) is 4.68 Å². The van der Waals surface area contributed by atoms with Crippen LogP contribution in [0.5, 0.6) is 0 Å². The third kappa shape index (κ3) is 5.66. The second-order valence-corrected chi connectivity index (χ2v) is 7.59. The van der Waals surface area contributed by atoms with Crippen molar-refractivity contribution in [3.63, 3.8) is 0 Å². The number of Topliss-reactive ketones (excluding diaryl/α,β-unsaturated/α-hetero) is 1. The van der Waals surface area contributed by atoms with Crippen molar-refractivity contribution in [3.8, 4) is 0 Å². The average molecular weight is 470 g/mol. The maximum absolute atomic E-state index is 12.7. The van der Waals surface area contributed by atoms with Crippen LogP contribution in [0.1, 0.15) is 27.8 Å². The summed E-state index contributed by atoms with van der Waals surface area (Å²) in [6.07, 6.45) is 4.04. The van der Waals surface area contributed by atoms with Crippen LogP contribution in [0.15, 0.2) is 54.9 Å². The van der Waals surface area contributed by atoms with Crippen LogP contribution in [-0.2, 0) is 29.1 Å². The molecule has 0 bridgehead atoms. The van der Waals surface area contributed by atoms with Crippen LogP contribution in [0.2, 0.25) is 0 Å². The van der Waals surface area contributed by atoms with Gasteiger partial charge in [-0.15, -0.1) is 4.68 Å². The monoisotopic (exact) mass is 469 g/mol. The quantitative estimate of drug-likeness (QED) is 0.511. The molecule has 0 radical (unpaired) electrons. The highest BCUT2D eigenvalue weighted by Gasteiger charge is 2.18. The molecular formula is C24H28BrN3O2. The summed E-state index contributed by atoms with van der Waals surface area (Å²) in [5.41, 5.74) is 6.26. The molecule has 0 saturated heterocycles. The van der Waals surface area contributed by atoms with E-state index in [1.165, 1.54) is 0 Å². The molecule has 0 spiro atoms. The van der Waals surface area contributed by atoms with Gasteiger partial charge in [-0.1, -0.05) is 36.4 Å². The Balaban J connectivity index is 0.00000320. The van der Waals surface area contributed by atoms with Gasteiger partial charge in [-0.05, 0) is 55.5 Å². The van der Waals surface area contributed by atoms with Gasteiger partial charge in [0.2, 0.25) is 18.2 Å². The second kappa shape index (κ2) is 10.3. The number of halogens is 1. The molecule has 158 valence electrons. The molecule has 0 aliphatic rings. The Morgan fingerprint density at radius 1 is 0.900 bits per heavy atom. The molecule has 0 aliphatic heterocycles. The molecule has 2 aromatic carbocycles. The number of benzene rings is 2. The molecular weight excluding hydrogens is 442 g/mol. The third-order valence-electron chi connectivity index (χ3n) is 5.25. The minimum atomic E-state index is -0.116. The van der Waals surface area contributed by atoms with E-state index in [1.54, 1.807) is 9.36 Å². The summed E-state index contributed by atoms with van der Waals surface area (Å²) in [4.78, 5) is 25.2. The van der Waals surface area contributed by atoms with Crippen molar-refractivity contribution in [3.05, 3.63) is 82.7 Å². The van der Waals surface area contributed by atoms with E-state index in [0.717, 1.165) is 33.5 Å². The Labute approximate surface area is 188 Å². The zero-order valence-electron chi connectivity index (χ0n) is 17.9. The van der Waals surface area contributed by atoms with Crippen LogP contribution in [0.25, 0.3) is 0 Å². The SMILES string of the molecule is Cc1cccc(C)c1CC(=O)C[n+]1cccn1CC(=O)Nc1c(C)cccc1C.[Br-]. The summed E-state index contributed by atoms with van der Waals surface area (Å²) >= 11 is 0. The Hall–Kier alpha value is -2.73. The number of amides is 1. The van der Waals surface area contributed by atoms with Gasteiger partial charge in [-0.3, -0.25) is 9.59 Å². The maximum Gasteiger partial charge on any atom is 0.250 e. The largest absolute Gasteiger partial charge is 1.00 e. The van der Waals surface area contributed by atoms with Crippen LogP contribution in [0.3, 0.4) is 0 Å². The first kappa shape index (κ1) is 23.5. The summed E-state index contributed by atoms with van der Waals surface area (Å²) in [5, 5.41) is 2.99.